The van der Waals surface area contributed by atoms with Crippen molar-refractivity contribution in [2.45, 2.75) is 13.0 Å². The molecule has 0 amide bonds. The van der Waals surface area contributed by atoms with E-state index in [2.05, 4.69) is 15.0 Å². The third kappa shape index (κ3) is 3.04. The van der Waals surface area contributed by atoms with Crippen LogP contribution in [0.15, 0.2) is 24.5 Å². The van der Waals surface area contributed by atoms with Crippen LogP contribution in [-0.2, 0) is 4.74 Å². The Morgan fingerprint density at radius 3 is 2.81 bits per heavy atom. The van der Waals surface area contributed by atoms with E-state index >= 15 is 0 Å². The van der Waals surface area contributed by atoms with Crippen LogP contribution in [0.3, 0.4) is 0 Å². The number of rotatable bonds is 2. The van der Waals surface area contributed by atoms with Crippen molar-refractivity contribution in [2.75, 3.05) is 30.4 Å². The number of ether oxygens (including phenoxy) is 1. The molecule has 4 rings (SSSR count). The fourth-order valence-corrected chi connectivity index (χ4v) is 3.36. The van der Waals surface area contributed by atoms with E-state index < -0.39 is 16.7 Å². The zero-order chi connectivity index (χ0) is 19.1. The van der Waals surface area contributed by atoms with Gasteiger partial charge in [0.05, 0.1) is 19.3 Å². The van der Waals surface area contributed by atoms with Crippen LogP contribution < -0.4 is 10.6 Å². The molecule has 1 aliphatic heterocycles. The minimum atomic E-state index is -0.859. The van der Waals surface area contributed by atoms with Gasteiger partial charge < -0.3 is 15.4 Å². The molecule has 0 saturated carbocycles. The Bertz CT molecular complexity index is 1030. The van der Waals surface area contributed by atoms with Crippen LogP contribution in [0.5, 0.6) is 0 Å². The molecule has 27 heavy (non-hydrogen) atoms. The van der Waals surface area contributed by atoms with Gasteiger partial charge >= 0.3 is 0 Å². The Morgan fingerprint density at radius 1 is 1.22 bits per heavy atom. The zero-order valence-electron chi connectivity index (χ0n) is 14.4. The first kappa shape index (κ1) is 17.8. The first-order valence-electron chi connectivity index (χ1n) is 8.37. The first-order valence-corrected chi connectivity index (χ1v) is 8.74. The van der Waals surface area contributed by atoms with Crippen LogP contribution in [-0.4, -0.2) is 40.8 Å². The molecule has 3 heterocycles. The summed E-state index contributed by atoms with van der Waals surface area (Å²) in [4.78, 5) is 14.8. The molecule has 1 aliphatic rings. The Kier molecular flexibility index (Phi) is 4.53. The van der Waals surface area contributed by atoms with Crippen molar-refractivity contribution in [1.29, 1.82) is 0 Å². The van der Waals surface area contributed by atoms with Crippen LogP contribution in [0.4, 0.5) is 20.4 Å². The predicted molar refractivity (Wildman–Crippen MR) is 99.7 cm³/mol. The molecule has 140 valence electrons. The number of nitrogen functional groups attached to an aromatic ring is 1. The van der Waals surface area contributed by atoms with Gasteiger partial charge in [-0.15, -0.1) is 0 Å². The van der Waals surface area contributed by atoms with Gasteiger partial charge in [0.15, 0.2) is 11.6 Å². The van der Waals surface area contributed by atoms with Crippen molar-refractivity contribution in [2.24, 2.45) is 0 Å². The molecular weight excluding hydrogens is 376 g/mol. The Labute approximate surface area is 158 Å². The van der Waals surface area contributed by atoms with Crippen LogP contribution in [0, 0.1) is 11.6 Å². The lowest BCUT2D eigenvalue weighted by Gasteiger charge is -2.34. The fraction of sp³-hybridized carbons (Fsp3) is 0.278. The molecule has 0 bridgehead atoms. The van der Waals surface area contributed by atoms with E-state index in [1.165, 1.54) is 12.4 Å². The van der Waals surface area contributed by atoms with Gasteiger partial charge in [-0.25, -0.2) is 23.7 Å². The second-order valence-corrected chi connectivity index (χ2v) is 6.70. The highest BCUT2D eigenvalue weighted by Gasteiger charge is 2.24. The Hall–Kier alpha value is -2.58. The second-order valence-electron chi connectivity index (χ2n) is 6.32. The van der Waals surface area contributed by atoms with E-state index in [0.29, 0.717) is 42.2 Å². The van der Waals surface area contributed by atoms with Crippen LogP contribution in [0.1, 0.15) is 6.92 Å². The number of hydrogen-bond donors (Lipinski definition) is 1. The summed E-state index contributed by atoms with van der Waals surface area (Å²) in [5.41, 5.74) is 7.25. The topological polar surface area (TPSA) is 77.2 Å². The molecule has 0 aliphatic carbocycles. The van der Waals surface area contributed by atoms with E-state index in [9.17, 15) is 8.78 Å². The van der Waals surface area contributed by atoms with Crippen molar-refractivity contribution >= 4 is 34.3 Å². The average molecular weight is 392 g/mol. The van der Waals surface area contributed by atoms with Gasteiger partial charge in [-0.3, -0.25) is 0 Å². The smallest absolute Gasteiger partial charge is 0.153 e. The molecular formula is C18H16ClF2N5O. The standard InChI is InChI=1S/C18H16ClF2N5O/c1-9-7-27-5-4-26(9)13-6-11(10-2-3-12(20)14(19)15(10)21)16-17(25-13)18(22)24-8-23-16/h2-3,6,8-9H,4-5,7H2,1H3,(H2,22,23,24)/t9-/m0/s1. The summed E-state index contributed by atoms with van der Waals surface area (Å²) >= 11 is 5.78. The third-order valence-electron chi connectivity index (χ3n) is 4.59. The molecule has 3 aromatic rings. The number of aromatic nitrogens is 3. The van der Waals surface area contributed by atoms with Gasteiger partial charge in [-0.1, -0.05) is 11.6 Å². The molecule has 1 fully saturated rings. The number of hydrogen-bond acceptors (Lipinski definition) is 6. The molecule has 1 saturated heterocycles. The largest absolute Gasteiger partial charge is 0.382 e. The Balaban J connectivity index is 1.99. The molecule has 0 spiro atoms. The van der Waals surface area contributed by atoms with Crippen molar-refractivity contribution in [3.8, 4) is 11.1 Å². The summed E-state index contributed by atoms with van der Waals surface area (Å²) in [6.45, 7) is 3.73. The molecule has 1 aromatic carbocycles. The molecule has 1 atom stereocenters. The minimum Gasteiger partial charge on any atom is -0.382 e. The quantitative estimate of drug-likeness (QED) is 0.674. The maximum Gasteiger partial charge on any atom is 0.153 e. The van der Waals surface area contributed by atoms with E-state index in [4.69, 9.17) is 22.1 Å². The lowest BCUT2D eigenvalue weighted by molar-refractivity contribution is 0.0986. The molecule has 2 aromatic heterocycles. The summed E-state index contributed by atoms with van der Waals surface area (Å²) in [6, 6.07) is 4.23. The molecule has 0 unspecified atom stereocenters. The van der Waals surface area contributed by atoms with E-state index in [-0.39, 0.29) is 17.4 Å². The maximum atomic E-state index is 14.7. The average Bonchev–Trinajstić information content (AvgIpc) is 2.67. The van der Waals surface area contributed by atoms with Crippen molar-refractivity contribution in [3.05, 3.63) is 41.2 Å². The van der Waals surface area contributed by atoms with Crippen LogP contribution in [0.2, 0.25) is 5.02 Å². The van der Waals surface area contributed by atoms with E-state index in [0.717, 1.165) is 6.07 Å². The number of morpholine rings is 1. The van der Waals surface area contributed by atoms with Crippen molar-refractivity contribution < 1.29 is 13.5 Å². The minimum absolute atomic E-state index is 0.0732. The number of nitrogens with two attached hydrogens (primary N) is 1. The van der Waals surface area contributed by atoms with Crippen molar-refractivity contribution in [1.82, 2.24) is 15.0 Å². The van der Waals surface area contributed by atoms with Crippen LogP contribution in [0.25, 0.3) is 22.2 Å². The van der Waals surface area contributed by atoms with Gasteiger partial charge in [-0.05, 0) is 25.1 Å². The lowest BCUT2D eigenvalue weighted by atomic mass is 10.0. The van der Waals surface area contributed by atoms with E-state index in [1.54, 1.807) is 6.07 Å². The number of halogens is 3. The van der Waals surface area contributed by atoms with Gasteiger partial charge in [0.1, 0.15) is 34.0 Å². The first-order chi connectivity index (χ1) is 13.0. The number of fused-ring (bicyclic) bond motifs is 1. The second kappa shape index (κ2) is 6.86. The number of nitrogens with zero attached hydrogens (tertiary/aromatic N) is 4. The molecule has 6 nitrogen and oxygen atoms in total. The van der Waals surface area contributed by atoms with E-state index in [1.807, 2.05) is 11.8 Å². The Morgan fingerprint density at radius 2 is 2.04 bits per heavy atom. The van der Waals surface area contributed by atoms with Crippen molar-refractivity contribution in [3.63, 3.8) is 0 Å². The summed E-state index contributed by atoms with van der Waals surface area (Å²) in [6.07, 6.45) is 1.28. The normalized spacial score (nSPS) is 17.5. The molecule has 2 N–H and O–H groups in total. The maximum absolute atomic E-state index is 14.7. The summed E-state index contributed by atoms with van der Waals surface area (Å²) in [5.74, 6) is -0.915. The molecule has 0 radical (unpaired) electrons. The summed E-state index contributed by atoms with van der Waals surface area (Å²) in [7, 11) is 0. The number of anilines is 2. The number of benzene rings is 1. The third-order valence-corrected chi connectivity index (χ3v) is 4.94. The SMILES string of the molecule is C[C@H]1COCCN1c1cc(-c2ccc(F)c(Cl)c2F)c2ncnc(N)c2n1. The van der Waals surface area contributed by atoms with Crippen LogP contribution >= 0.6 is 11.6 Å². The fourth-order valence-electron chi connectivity index (χ4n) is 3.20. The summed E-state index contributed by atoms with van der Waals surface area (Å²) in [5, 5.41) is -0.569. The lowest BCUT2D eigenvalue weighted by Crippen LogP contribution is -2.44. The van der Waals surface area contributed by atoms with Gasteiger partial charge in [-0.2, -0.15) is 0 Å². The van der Waals surface area contributed by atoms with Gasteiger partial charge in [0.2, 0.25) is 0 Å². The zero-order valence-corrected chi connectivity index (χ0v) is 15.2. The predicted octanol–water partition coefficient (Wildman–Crippen LogP) is 3.43. The van der Waals surface area contributed by atoms with Gasteiger partial charge in [0.25, 0.3) is 0 Å². The highest BCUT2D eigenvalue weighted by molar-refractivity contribution is 6.31. The highest BCUT2D eigenvalue weighted by Crippen LogP contribution is 2.36. The monoisotopic (exact) mass is 391 g/mol. The van der Waals surface area contributed by atoms with Gasteiger partial charge in [0, 0.05) is 17.7 Å². The molecule has 9 heteroatoms. The number of pyridine rings is 1. The highest BCUT2D eigenvalue weighted by atomic mass is 35.5. The summed E-state index contributed by atoms with van der Waals surface area (Å²) < 4.78 is 33.8.